The standard InChI is InChI=1S/C34H24N2O5/c1-20-11-12-21-15-18-28-34(32(38)25-9-5-6-10-26(25)33(34)39)29(22-13-16-24(17-14-22)36(40)41)30(35(28)27(21)19-20)31(37)23-7-3-2-4-8-23/h2-19,28-30H,1H3/t28-,29-,30+/m1/s1. The van der Waals surface area contributed by atoms with Crippen LogP contribution in [0.5, 0.6) is 0 Å². The van der Waals surface area contributed by atoms with E-state index in [1.54, 1.807) is 60.7 Å². The molecule has 7 rings (SSSR count). The third-order valence-electron chi connectivity index (χ3n) is 8.75. The fourth-order valence-electron chi connectivity index (χ4n) is 7.02. The molecule has 4 aromatic rings. The van der Waals surface area contributed by atoms with Crippen LogP contribution in [0.3, 0.4) is 0 Å². The number of carbonyl (C=O) groups is 3. The van der Waals surface area contributed by atoms with Crippen molar-refractivity contribution in [2.45, 2.75) is 24.9 Å². The molecule has 1 fully saturated rings. The number of benzene rings is 4. The predicted molar refractivity (Wildman–Crippen MR) is 154 cm³/mol. The molecule has 41 heavy (non-hydrogen) atoms. The molecule has 2 heterocycles. The Morgan fingerprint density at radius 2 is 1.49 bits per heavy atom. The van der Waals surface area contributed by atoms with Crippen molar-refractivity contribution in [2.24, 2.45) is 5.41 Å². The maximum Gasteiger partial charge on any atom is 0.269 e. The molecule has 1 aliphatic carbocycles. The first kappa shape index (κ1) is 24.8. The van der Waals surface area contributed by atoms with Gasteiger partial charge in [0.25, 0.3) is 5.69 Å². The van der Waals surface area contributed by atoms with Crippen molar-refractivity contribution in [1.82, 2.24) is 0 Å². The molecule has 7 heteroatoms. The van der Waals surface area contributed by atoms with E-state index >= 15 is 0 Å². The fourth-order valence-corrected chi connectivity index (χ4v) is 7.02. The number of hydrogen-bond donors (Lipinski definition) is 0. The zero-order chi connectivity index (χ0) is 28.5. The number of anilines is 1. The third-order valence-corrected chi connectivity index (χ3v) is 8.75. The number of ketones is 3. The van der Waals surface area contributed by atoms with Crippen molar-refractivity contribution in [3.05, 3.63) is 147 Å². The Kier molecular flexibility index (Phi) is 5.41. The van der Waals surface area contributed by atoms with Crippen molar-refractivity contribution in [1.29, 1.82) is 0 Å². The Labute approximate surface area is 235 Å². The Morgan fingerprint density at radius 1 is 0.854 bits per heavy atom. The second-order valence-corrected chi connectivity index (χ2v) is 10.8. The van der Waals surface area contributed by atoms with Gasteiger partial charge in [0, 0.05) is 40.4 Å². The van der Waals surface area contributed by atoms with E-state index in [4.69, 9.17) is 0 Å². The van der Waals surface area contributed by atoms with Gasteiger partial charge >= 0.3 is 0 Å². The number of nitro benzene ring substituents is 1. The van der Waals surface area contributed by atoms with Crippen LogP contribution in [0.2, 0.25) is 0 Å². The van der Waals surface area contributed by atoms with E-state index in [2.05, 4.69) is 0 Å². The lowest BCUT2D eigenvalue weighted by Gasteiger charge is -2.37. The lowest BCUT2D eigenvalue weighted by atomic mass is 9.64. The zero-order valence-corrected chi connectivity index (χ0v) is 22.1. The van der Waals surface area contributed by atoms with E-state index < -0.39 is 28.3 Å². The highest BCUT2D eigenvalue weighted by atomic mass is 16.6. The van der Waals surface area contributed by atoms with Crippen LogP contribution in [0.25, 0.3) is 6.08 Å². The molecule has 3 atom stereocenters. The van der Waals surface area contributed by atoms with Crippen LogP contribution < -0.4 is 4.90 Å². The predicted octanol–water partition coefficient (Wildman–Crippen LogP) is 6.22. The van der Waals surface area contributed by atoms with Crippen molar-refractivity contribution in [3.8, 4) is 0 Å². The average molecular weight is 541 g/mol. The van der Waals surface area contributed by atoms with Crippen LogP contribution in [0.4, 0.5) is 11.4 Å². The van der Waals surface area contributed by atoms with Gasteiger partial charge < -0.3 is 4.90 Å². The number of Topliss-reactive ketones (excluding diaryl/α,β-unsaturated/α-hetero) is 3. The van der Waals surface area contributed by atoms with Gasteiger partial charge in [0.15, 0.2) is 17.3 Å². The molecule has 1 saturated heterocycles. The molecule has 0 N–H and O–H groups in total. The van der Waals surface area contributed by atoms with Gasteiger partial charge in [-0.3, -0.25) is 24.5 Å². The summed E-state index contributed by atoms with van der Waals surface area (Å²) in [5.41, 5.74) is 2.52. The SMILES string of the molecule is Cc1ccc2c(c1)N1[C@H](C(=O)c3ccccc3)[C@@H](c3ccc([N+](=O)[O-])cc3)C3(C(=O)c4ccccc4C3=O)[C@H]1C=C2. The summed E-state index contributed by atoms with van der Waals surface area (Å²) < 4.78 is 0. The molecule has 0 unspecified atom stereocenters. The first-order valence-corrected chi connectivity index (χ1v) is 13.4. The van der Waals surface area contributed by atoms with Gasteiger partial charge in [0.05, 0.1) is 11.0 Å². The highest BCUT2D eigenvalue weighted by Crippen LogP contribution is 2.61. The van der Waals surface area contributed by atoms with Crippen molar-refractivity contribution in [3.63, 3.8) is 0 Å². The minimum atomic E-state index is -1.65. The molecule has 0 amide bonds. The minimum Gasteiger partial charge on any atom is -0.352 e. The molecule has 200 valence electrons. The summed E-state index contributed by atoms with van der Waals surface area (Å²) in [6.07, 6.45) is 3.79. The van der Waals surface area contributed by atoms with E-state index in [0.29, 0.717) is 22.3 Å². The smallest absolute Gasteiger partial charge is 0.269 e. The maximum absolute atomic E-state index is 14.6. The van der Waals surface area contributed by atoms with Gasteiger partial charge in [-0.05, 0) is 29.7 Å². The lowest BCUT2D eigenvalue weighted by molar-refractivity contribution is -0.384. The van der Waals surface area contributed by atoms with Gasteiger partial charge in [-0.2, -0.15) is 0 Å². The van der Waals surface area contributed by atoms with Crippen LogP contribution in [0.15, 0.2) is 103 Å². The van der Waals surface area contributed by atoms with Crippen LogP contribution >= 0.6 is 0 Å². The molecular formula is C34H24N2O5. The number of rotatable bonds is 4. The number of non-ortho nitro benzene ring substituents is 1. The average Bonchev–Trinajstić information content (AvgIpc) is 3.43. The second kappa shape index (κ2) is 8.93. The minimum absolute atomic E-state index is 0.113. The highest BCUT2D eigenvalue weighted by Gasteiger charge is 2.71. The van der Waals surface area contributed by atoms with Gasteiger partial charge in [-0.25, -0.2) is 0 Å². The molecule has 0 radical (unpaired) electrons. The van der Waals surface area contributed by atoms with Crippen molar-refractivity contribution >= 4 is 34.8 Å². The van der Waals surface area contributed by atoms with Gasteiger partial charge in [0.1, 0.15) is 11.5 Å². The Hall–Kier alpha value is -5.17. The Bertz CT molecular complexity index is 1770. The number of aryl methyl sites for hydroxylation is 1. The Morgan fingerprint density at radius 3 is 2.12 bits per heavy atom. The molecule has 0 aromatic heterocycles. The van der Waals surface area contributed by atoms with E-state index in [-0.39, 0.29) is 23.0 Å². The van der Waals surface area contributed by atoms with Gasteiger partial charge in [-0.1, -0.05) is 91.0 Å². The summed E-state index contributed by atoms with van der Waals surface area (Å²) in [6, 6.07) is 25.8. The molecule has 7 nitrogen and oxygen atoms in total. The molecular weight excluding hydrogens is 516 g/mol. The summed E-state index contributed by atoms with van der Waals surface area (Å²) >= 11 is 0. The first-order valence-electron chi connectivity index (χ1n) is 13.4. The van der Waals surface area contributed by atoms with Crippen molar-refractivity contribution in [2.75, 3.05) is 4.90 Å². The summed E-state index contributed by atoms with van der Waals surface area (Å²) in [6.45, 7) is 1.96. The summed E-state index contributed by atoms with van der Waals surface area (Å²) in [4.78, 5) is 56.8. The van der Waals surface area contributed by atoms with Crippen LogP contribution in [-0.4, -0.2) is 34.4 Å². The zero-order valence-electron chi connectivity index (χ0n) is 22.1. The fraction of sp³-hybridized carbons (Fsp3) is 0.147. The van der Waals surface area contributed by atoms with Crippen LogP contribution in [0.1, 0.15) is 53.7 Å². The van der Waals surface area contributed by atoms with Gasteiger partial charge in [0.2, 0.25) is 0 Å². The van der Waals surface area contributed by atoms with Crippen LogP contribution in [0, 0.1) is 22.5 Å². The molecule has 3 aliphatic rings. The van der Waals surface area contributed by atoms with Gasteiger partial charge in [-0.15, -0.1) is 0 Å². The molecule has 0 bridgehead atoms. The van der Waals surface area contributed by atoms with Crippen LogP contribution in [-0.2, 0) is 0 Å². The quantitative estimate of drug-likeness (QED) is 0.132. The summed E-state index contributed by atoms with van der Waals surface area (Å²) in [5, 5.41) is 11.5. The normalized spacial score (nSPS) is 21.5. The Balaban J connectivity index is 1.55. The van der Waals surface area contributed by atoms with E-state index in [1.165, 1.54) is 12.1 Å². The third kappa shape index (κ3) is 3.35. The monoisotopic (exact) mass is 540 g/mol. The summed E-state index contributed by atoms with van der Waals surface area (Å²) in [5.74, 6) is -1.80. The van der Waals surface area contributed by atoms with Crippen molar-refractivity contribution < 1.29 is 19.3 Å². The molecule has 1 spiro atoms. The number of nitro groups is 1. The largest absolute Gasteiger partial charge is 0.352 e. The number of fused-ring (bicyclic) bond motifs is 5. The van der Waals surface area contributed by atoms with E-state index in [0.717, 1.165) is 16.8 Å². The molecule has 0 saturated carbocycles. The highest BCUT2D eigenvalue weighted by molar-refractivity contribution is 6.32. The number of carbonyl (C=O) groups excluding carboxylic acids is 3. The van der Waals surface area contributed by atoms with E-state index in [1.807, 2.05) is 48.2 Å². The number of nitrogens with zero attached hydrogens (tertiary/aromatic N) is 2. The first-order chi connectivity index (χ1) is 19.8. The van der Waals surface area contributed by atoms with E-state index in [9.17, 15) is 24.5 Å². The second-order valence-electron chi connectivity index (χ2n) is 10.8. The lowest BCUT2D eigenvalue weighted by Crippen LogP contribution is -2.48. The summed E-state index contributed by atoms with van der Waals surface area (Å²) in [7, 11) is 0. The topological polar surface area (TPSA) is 97.6 Å². The molecule has 4 aromatic carbocycles. The maximum atomic E-state index is 14.6. The molecule has 2 aliphatic heterocycles. The number of hydrogen-bond acceptors (Lipinski definition) is 6.